The van der Waals surface area contributed by atoms with E-state index < -0.39 is 0 Å². The molecule has 1 aromatic heterocycles. The number of halogens is 1. The number of carbonyl (C=O) groups excluding carboxylic acids is 3. The van der Waals surface area contributed by atoms with Crippen molar-refractivity contribution in [2.45, 2.75) is 45.1 Å². The van der Waals surface area contributed by atoms with Crippen molar-refractivity contribution in [2.75, 3.05) is 39.4 Å². The average Bonchev–Trinajstić information content (AvgIpc) is 3.59. The van der Waals surface area contributed by atoms with Crippen molar-refractivity contribution in [3.05, 3.63) is 41.0 Å². The summed E-state index contributed by atoms with van der Waals surface area (Å²) in [4.78, 5) is 41.6. The lowest BCUT2D eigenvalue weighted by molar-refractivity contribution is -0.151. The van der Waals surface area contributed by atoms with E-state index in [9.17, 15) is 14.4 Å². The van der Waals surface area contributed by atoms with Crippen molar-refractivity contribution < 1.29 is 28.4 Å². The Kier molecular flexibility index (Phi) is 8.98. The first-order chi connectivity index (χ1) is 17.5. The van der Waals surface area contributed by atoms with Gasteiger partial charge >= 0.3 is 5.97 Å². The molecule has 3 heterocycles. The summed E-state index contributed by atoms with van der Waals surface area (Å²) >= 11 is 6.26. The molecule has 0 spiro atoms. The van der Waals surface area contributed by atoms with Crippen LogP contribution in [0.3, 0.4) is 0 Å². The molecular weight excluding hydrogens is 486 g/mol. The predicted octanol–water partition coefficient (Wildman–Crippen LogP) is 3.81. The predicted molar refractivity (Wildman–Crippen MR) is 132 cm³/mol. The Bertz CT molecular complexity index is 1060. The van der Waals surface area contributed by atoms with Gasteiger partial charge in [0.1, 0.15) is 0 Å². The molecular formula is C26H32ClN3O6. The molecule has 0 aliphatic carbocycles. The smallest absolute Gasteiger partial charge is 0.309 e. The van der Waals surface area contributed by atoms with Gasteiger partial charge in [0.05, 0.1) is 23.7 Å². The monoisotopic (exact) mass is 517 g/mol. The molecule has 194 valence electrons. The van der Waals surface area contributed by atoms with E-state index in [1.54, 1.807) is 34.9 Å². The first-order valence-electron chi connectivity index (χ1n) is 12.5. The lowest BCUT2D eigenvalue weighted by Crippen LogP contribution is -2.43. The van der Waals surface area contributed by atoms with Gasteiger partial charge < -0.3 is 23.8 Å². The van der Waals surface area contributed by atoms with E-state index in [1.165, 1.54) is 0 Å². The molecule has 2 fully saturated rings. The highest BCUT2D eigenvalue weighted by Crippen LogP contribution is 2.28. The molecule has 2 aromatic rings. The minimum absolute atomic E-state index is 0.0423. The van der Waals surface area contributed by atoms with Crippen molar-refractivity contribution in [3.8, 4) is 11.3 Å². The highest BCUT2D eigenvalue weighted by Gasteiger charge is 2.30. The average molecular weight is 518 g/mol. The molecule has 0 unspecified atom stereocenters. The highest BCUT2D eigenvalue weighted by atomic mass is 35.5. The van der Waals surface area contributed by atoms with Gasteiger partial charge in [-0.2, -0.15) is 0 Å². The van der Waals surface area contributed by atoms with Crippen LogP contribution in [0, 0.1) is 5.92 Å². The lowest BCUT2D eigenvalue weighted by Gasteiger charge is -2.32. The summed E-state index contributed by atoms with van der Waals surface area (Å²) in [6.45, 7) is 4.45. The zero-order valence-corrected chi connectivity index (χ0v) is 21.2. The van der Waals surface area contributed by atoms with E-state index in [0.717, 1.165) is 12.8 Å². The Hall–Kier alpha value is -2.91. The fourth-order valence-electron chi connectivity index (χ4n) is 4.65. The number of benzene rings is 1. The van der Waals surface area contributed by atoms with Crippen LogP contribution in [0.15, 0.2) is 34.9 Å². The largest absolute Gasteiger partial charge is 0.466 e. The van der Waals surface area contributed by atoms with E-state index in [4.69, 9.17) is 25.6 Å². The van der Waals surface area contributed by atoms with Crippen LogP contribution in [0.1, 0.15) is 49.5 Å². The van der Waals surface area contributed by atoms with Crippen LogP contribution in [-0.4, -0.2) is 78.2 Å². The second kappa shape index (κ2) is 12.4. The third-order valence-corrected chi connectivity index (χ3v) is 7.00. The maximum absolute atomic E-state index is 13.4. The summed E-state index contributed by atoms with van der Waals surface area (Å²) in [5.41, 5.74) is 0.809. The molecule has 0 bridgehead atoms. The SMILES string of the molecule is CCOC(=O)C1CCN(C(=O)CCN(C[C@@H]2CCCO2)C(=O)c2cc(-c3ccccc3Cl)on2)CC1. The Balaban J connectivity index is 1.38. The van der Waals surface area contributed by atoms with Gasteiger partial charge in [0, 0.05) is 50.8 Å². The van der Waals surface area contributed by atoms with Crippen LogP contribution >= 0.6 is 11.6 Å². The number of carbonyl (C=O) groups is 3. The molecule has 9 nitrogen and oxygen atoms in total. The highest BCUT2D eigenvalue weighted by molar-refractivity contribution is 6.33. The summed E-state index contributed by atoms with van der Waals surface area (Å²) < 4.78 is 16.3. The number of hydrogen-bond acceptors (Lipinski definition) is 7. The van der Waals surface area contributed by atoms with Crippen LogP contribution in [0.25, 0.3) is 11.3 Å². The summed E-state index contributed by atoms with van der Waals surface area (Å²) in [6, 6.07) is 8.76. The van der Waals surface area contributed by atoms with Gasteiger partial charge in [-0.15, -0.1) is 0 Å². The summed E-state index contributed by atoms with van der Waals surface area (Å²) in [7, 11) is 0. The van der Waals surface area contributed by atoms with Gasteiger partial charge in [-0.3, -0.25) is 14.4 Å². The fourth-order valence-corrected chi connectivity index (χ4v) is 4.88. The van der Waals surface area contributed by atoms with Crippen molar-refractivity contribution in [3.63, 3.8) is 0 Å². The number of rotatable bonds is 9. The number of hydrogen-bond donors (Lipinski definition) is 0. The number of ether oxygens (including phenoxy) is 2. The normalized spacial score (nSPS) is 18.3. The molecule has 2 aliphatic rings. The Labute approximate surface area is 215 Å². The molecule has 2 amide bonds. The maximum atomic E-state index is 13.4. The number of amides is 2. The van der Waals surface area contributed by atoms with Crippen molar-refractivity contribution in [2.24, 2.45) is 5.92 Å². The van der Waals surface area contributed by atoms with Crippen molar-refractivity contribution >= 4 is 29.4 Å². The summed E-state index contributed by atoms with van der Waals surface area (Å²) in [6.07, 6.45) is 3.10. The number of esters is 1. The van der Waals surface area contributed by atoms with Gasteiger partial charge in [-0.25, -0.2) is 0 Å². The van der Waals surface area contributed by atoms with E-state index in [0.29, 0.717) is 62.0 Å². The number of aromatic nitrogens is 1. The van der Waals surface area contributed by atoms with E-state index in [2.05, 4.69) is 5.16 Å². The molecule has 1 atom stereocenters. The van der Waals surface area contributed by atoms with Crippen LogP contribution in [-0.2, 0) is 19.1 Å². The van der Waals surface area contributed by atoms with Gasteiger partial charge in [0.2, 0.25) is 5.91 Å². The Morgan fingerprint density at radius 3 is 2.67 bits per heavy atom. The number of likely N-dealkylation sites (tertiary alicyclic amines) is 1. The molecule has 0 radical (unpaired) electrons. The van der Waals surface area contributed by atoms with E-state index in [1.807, 2.05) is 12.1 Å². The van der Waals surface area contributed by atoms with Gasteiger partial charge in [0.15, 0.2) is 11.5 Å². The maximum Gasteiger partial charge on any atom is 0.309 e. The van der Waals surface area contributed by atoms with Crippen LogP contribution in [0.2, 0.25) is 5.02 Å². The van der Waals surface area contributed by atoms with Crippen LogP contribution in [0.4, 0.5) is 0 Å². The third-order valence-electron chi connectivity index (χ3n) is 6.67. The summed E-state index contributed by atoms with van der Waals surface area (Å²) in [5.74, 6) is -0.310. The first-order valence-corrected chi connectivity index (χ1v) is 12.9. The molecule has 1 aromatic carbocycles. The quantitative estimate of drug-likeness (QED) is 0.466. The minimum Gasteiger partial charge on any atom is -0.466 e. The second-order valence-electron chi connectivity index (χ2n) is 9.10. The molecule has 0 N–H and O–H groups in total. The second-order valence-corrected chi connectivity index (χ2v) is 9.51. The van der Waals surface area contributed by atoms with E-state index in [-0.39, 0.29) is 48.5 Å². The van der Waals surface area contributed by atoms with E-state index >= 15 is 0 Å². The van der Waals surface area contributed by atoms with Crippen LogP contribution < -0.4 is 0 Å². The van der Waals surface area contributed by atoms with Crippen LogP contribution in [0.5, 0.6) is 0 Å². The van der Waals surface area contributed by atoms with Gasteiger partial charge in [0.25, 0.3) is 5.91 Å². The topological polar surface area (TPSA) is 102 Å². The minimum atomic E-state index is -0.318. The lowest BCUT2D eigenvalue weighted by atomic mass is 9.97. The number of nitrogens with zero attached hydrogens (tertiary/aromatic N) is 3. The molecule has 10 heteroatoms. The standard InChI is InChI=1S/C26H32ClN3O6/c1-2-34-26(33)18-9-12-29(13-10-18)24(31)11-14-30(17-19-6-5-15-35-19)25(32)22-16-23(36-28-22)20-7-3-4-8-21(20)27/h3-4,7-8,16,18-19H,2,5-6,9-15,17H2,1H3/t19-/m0/s1. The Morgan fingerprint density at radius 2 is 1.97 bits per heavy atom. The summed E-state index contributed by atoms with van der Waals surface area (Å²) in [5, 5.41) is 4.48. The zero-order valence-electron chi connectivity index (χ0n) is 20.5. The van der Waals surface area contributed by atoms with Gasteiger partial charge in [-0.1, -0.05) is 28.9 Å². The molecule has 4 rings (SSSR count). The molecule has 36 heavy (non-hydrogen) atoms. The Morgan fingerprint density at radius 1 is 1.19 bits per heavy atom. The third kappa shape index (κ3) is 6.44. The molecule has 0 saturated carbocycles. The van der Waals surface area contributed by atoms with Crippen molar-refractivity contribution in [1.82, 2.24) is 15.0 Å². The molecule has 2 saturated heterocycles. The number of piperidine rings is 1. The van der Waals surface area contributed by atoms with Crippen molar-refractivity contribution in [1.29, 1.82) is 0 Å². The fraction of sp³-hybridized carbons (Fsp3) is 0.538. The van der Waals surface area contributed by atoms with Gasteiger partial charge in [-0.05, 0) is 44.7 Å². The zero-order chi connectivity index (χ0) is 25.5. The first kappa shape index (κ1) is 26.2. The molecule has 2 aliphatic heterocycles.